The molecule has 8 heteroatoms. The molecule has 1 unspecified atom stereocenters. The number of hydrogen-bond acceptors (Lipinski definition) is 6. The molecule has 1 N–H and O–H groups in total. The van der Waals surface area contributed by atoms with Crippen molar-refractivity contribution in [3.8, 4) is 5.69 Å². The third kappa shape index (κ3) is 5.31. The number of rotatable bonds is 8. The number of aryl methyl sites for hydroxylation is 1. The van der Waals surface area contributed by atoms with Gasteiger partial charge in [0.2, 0.25) is 11.9 Å². The first-order chi connectivity index (χ1) is 15.7. The first-order valence-electron chi connectivity index (χ1n) is 11.0. The molecule has 1 aliphatic heterocycles. The highest BCUT2D eigenvalue weighted by Gasteiger charge is 2.26. The second-order valence-electron chi connectivity index (χ2n) is 7.77. The number of morpholine rings is 1. The zero-order chi connectivity index (χ0) is 22.3. The van der Waals surface area contributed by atoms with Crippen molar-refractivity contribution in [1.29, 1.82) is 0 Å². The highest BCUT2D eigenvalue weighted by molar-refractivity contribution is 8.00. The smallest absolute Gasteiger partial charge is 0.233 e. The molecule has 7 nitrogen and oxygen atoms in total. The molecule has 0 aliphatic carbocycles. The number of hydrogen-bond donors (Lipinski definition) is 1. The van der Waals surface area contributed by atoms with Gasteiger partial charge in [-0.3, -0.25) is 9.36 Å². The minimum Gasteiger partial charge on any atom is -0.378 e. The van der Waals surface area contributed by atoms with Crippen LogP contribution in [0.4, 0.5) is 5.95 Å². The Hall–Kier alpha value is -2.84. The van der Waals surface area contributed by atoms with Gasteiger partial charge in [0.1, 0.15) is 0 Å². The molecule has 0 radical (unpaired) electrons. The summed E-state index contributed by atoms with van der Waals surface area (Å²) in [7, 11) is 0. The summed E-state index contributed by atoms with van der Waals surface area (Å²) in [6.07, 6.45) is 0.693. The summed E-state index contributed by atoms with van der Waals surface area (Å²) in [5.41, 5.74) is 3.24. The second kappa shape index (κ2) is 10.7. The van der Waals surface area contributed by atoms with Crippen molar-refractivity contribution in [3.63, 3.8) is 0 Å². The van der Waals surface area contributed by atoms with Crippen LogP contribution >= 0.6 is 11.8 Å². The quantitative estimate of drug-likeness (QED) is 0.528. The fraction of sp³-hybridized carbons (Fsp3) is 0.375. The van der Waals surface area contributed by atoms with E-state index in [-0.39, 0.29) is 11.2 Å². The van der Waals surface area contributed by atoms with Crippen LogP contribution in [0.25, 0.3) is 5.69 Å². The van der Waals surface area contributed by atoms with E-state index >= 15 is 0 Å². The van der Waals surface area contributed by atoms with Crippen molar-refractivity contribution < 1.29 is 9.53 Å². The highest BCUT2D eigenvalue weighted by Crippen LogP contribution is 2.31. The van der Waals surface area contributed by atoms with Crippen molar-refractivity contribution in [3.05, 3.63) is 65.7 Å². The minimum atomic E-state index is -0.260. The Bertz CT molecular complexity index is 1030. The number of benzene rings is 2. The van der Waals surface area contributed by atoms with Crippen molar-refractivity contribution >= 4 is 23.6 Å². The van der Waals surface area contributed by atoms with E-state index in [0.717, 1.165) is 41.0 Å². The molecule has 2 aromatic carbocycles. The van der Waals surface area contributed by atoms with E-state index < -0.39 is 0 Å². The Labute approximate surface area is 193 Å². The number of thioether (sulfide) groups is 1. The molecule has 168 valence electrons. The van der Waals surface area contributed by atoms with Crippen molar-refractivity contribution in [2.24, 2.45) is 0 Å². The van der Waals surface area contributed by atoms with E-state index in [2.05, 4.69) is 50.1 Å². The highest BCUT2D eigenvalue weighted by atomic mass is 32.2. The lowest BCUT2D eigenvalue weighted by atomic mass is 10.2. The van der Waals surface area contributed by atoms with Gasteiger partial charge < -0.3 is 15.0 Å². The Morgan fingerprint density at radius 3 is 2.62 bits per heavy atom. The summed E-state index contributed by atoms with van der Waals surface area (Å²) in [6, 6.07) is 18.2. The molecule has 0 saturated carbocycles. The Morgan fingerprint density at radius 2 is 1.91 bits per heavy atom. The minimum absolute atomic E-state index is 0.00747. The molecule has 1 fully saturated rings. The number of ether oxygens (including phenoxy) is 1. The van der Waals surface area contributed by atoms with Gasteiger partial charge in [-0.2, -0.15) is 0 Å². The zero-order valence-corrected chi connectivity index (χ0v) is 19.3. The van der Waals surface area contributed by atoms with Crippen molar-refractivity contribution in [2.45, 2.75) is 37.2 Å². The number of nitrogens with zero attached hydrogens (tertiary/aromatic N) is 4. The van der Waals surface area contributed by atoms with Gasteiger partial charge in [0, 0.05) is 19.6 Å². The monoisotopic (exact) mass is 451 g/mol. The molecule has 1 atom stereocenters. The zero-order valence-electron chi connectivity index (χ0n) is 18.5. The van der Waals surface area contributed by atoms with Crippen LogP contribution in [0.2, 0.25) is 0 Å². The maximum atomic E-state index is 12.9. The maximum absolute atomic E-state index is 12.9. The lowest BCUT2D eigenvalue weighted by molar-refractivity contribution is -0.120. The van der Waals surface area contributed by atoms with Gasteiger partial charge in [-0.25, -0.2) is 0 Å². The van der Waals surface area contributed by atoms with Crippen LogP contribution in [-0.2, 0) is 16.1 Å². The molecule has 1 aromatic heterocycles. The molecule has 3 aromatic rings. The molecule has 1 saturated heterocycles. The van der Waals surface area contributed by atoms with E-state index in [4.69, 9.17) is 4.74 Å². The van der Waals surface area contributed by atoms with Gasteiger partial charge in [0.05, 0.1) is 24.2 Å². The predicted octanol–water partition coefficient (Wildman–Crippen LogP) is 3.60. The third-order valence-electron chi connectivity index (χ3n) is 5.39. The number of nitrogens with one attached hydrogen (secondary N) is 1. The first-order valence-corrected chi connectivity index (χ1v) is 11.9. The summed E-state index contributed by atoms with van der Waals surface area (Å²) in [5, 5.41) is 12.5. The number of anilines is 1. The molecule has 0 spiro atoms. The molecular weight excluding hydrogens is 422 g/mol. The lowest BCUT2D eigenvalue weighted by Crippen LogP contribution is -2.38. The van der Waals surface area contributed by atoms with E-state index in [1.54, 1.807) is 0 Å². The topological polar surface area (TPSA) is 72.3 Å². The molecule has 1 amide bonds. The summed E-state index contributed by atoms with van der Waals surface area (Å²) < 4.78 is 7.58. The van der Waals surface area contributed by atoms with Gasteiger partial charge in [0.15, 0.2) is 5.16 Å². The van der Waals surface area contributed by atoms with Gasteiger partial charge >= 0.3 is 0 Å². The molecule has 2 heterocycles. The van der Waals surface area contributed by atoms with Gasteiger partial charge in [0.25, 0.3) is 0 Å². The average Bonchev–Trinajstić information content (AvgIpc) is 3.26. The second-order valence-corrected chi connectivity index (χ2v) is 8.94. The summed E-state index contributed by atoms with van der Waals surface area (Å²) in [6.45, 7) is 7.48. The Kier molecular flexibility index (Phi) is 7.44. The SMILES string of the molecule is CCC(Sc1nnc(N2CCOCC2)n1-c1cccc(C)c1)C(=O)NCc1ccccc1. The molecule has 1 aliphatic rings. The largest absolute Gasteiger partial charge is 0.378 e. The first kappa shape index (κ1) is 22.4. The van der Waals surface area contributed by atoms with Crippen LogP contribution in [0, 0.1) is 6.92 Å². The van der Waals surface area contributed by atoms with Crippen LogP contribution in [0.3, 0.4) is 0 Å². The lowest BCUT2D eigenvalue weighted by Gasteiger charge is -2.28. The third-order valence-corrected chi connectivity index (χ3v) is 6.70. The normalized spacial score (nSPS) is 14.9. The number of carbonyl (C=O) groups is 1. The van der Waals surface area contributed by atoms with Crippen LogP contribution in [0.5, 0.6) is 0 Å². The van der Waals surface area contributed by atoms with E-state index in [0.29, 0.717) is 26.2 Å². The van der Waals surface area contributed by atoms with Gasteiger partial charge in [-0.05, 0) is 36.6 Å². The van der Waals surface area contributed by atoms with Gasteiger partial charge in [-0.1, -0.05) is 61.2 Å². The predicted molar refractivity (Wildman–Crippen MR) is 127 cm³/mol. The standard InChI is InChI=1S/C24H29N5O2S/c1-3-21(22(30)25-17-19-9-5-4-6-10-19)32-24-27-26-23(28-12-14-31-15-13-28)29(24)20-11-7-8-18(2)16-20/h4-11,16,21H,3,12-15,17H2,1-2H3,(H,25,30). The van der Waals surface area contributed by atoms with Crippen LogP contribution in [0.1, 0.15) is 24.5 Å². The van der Waals surface area contributed by atoms with Crippen LogP contribution in [-0.4, -0.2) is 52.2 Å². The van der Waals surface area contributed by atoms with Crippen molar-refractivity contribution in [1.82, 2.24) is 20.1 Å². The Morgan fingerprint density at radius 1 is 1.12 bits per heavy atom. The average molecular weight is 452 g/mol. The number of amides is 1. The molecule has 0 bridgehead atoms. The fourth-order valence-corrected chi connectivity index (χ4v) is 4.64. The Balaban J connectivity index is 1.57. The van der Waals surface area contributed by atoms with Crippen LogP contribution in [0.15, 0.2) is 59.8 Å². The maximum Gasteiger partial charge on any atom is 0.233 e. The van der Waals surface area contributed by atoms with Gasteiger partial charge in [-0.15, -0.1) is 10.2 Å². The van der Waals surface area contributed by atoms with E-state index in [1.165, 1.54) is 11.8 Å². The summed E-state index contributed by atoms with van der Waals surface area (Å²) in [5.74, 6) is 0.800. The van der Waals surface area contributed by atoms with E-state index in [1.807, 2.05) is 43.3 Å². The molecule has 32 heavy (non-hydrogen) atoms. The fourth-order valence-electron chi connectivity index (χ4n) is 3.65. The molecular formula is C24H29N5O2S. The number of aromatic nitrogens is 3. The molecule has 4 rings (SSSR count). The summed E-state index contributed by atoms with van der Waals surface area (Å²) >= 11 is 1.46. The van der Waals surface area contributed by atoms with Crippen molar-refractivity contribution in [2.75, 3.05) is 31.2 Å². The number of carbonyl (C=O) groups excluding carboxylic acids is 1. The van der Waals surface area contributed by atoms with E-state index in [9.17, 15) is 4.79 Å². The summed E-state index contributed by atoms with van der Waals surface area (Å²) in [4.78, 5) is 15.1. The van der Waals surface area contributed by atoms with Crippen LogP contribution < -0.4 is 10.2 Å².